The van der Waals surface area contributed by atoms with Gasteiger partial charge in [-0.1, -0.05) is 36.4 Å². The van der Waals surface area contributed by atoms with Crippen LogP contribution in [-0.2, 0) is 0 Å². The fourth-order valence-electron chi connectivity index (χ4n) is 4.00. The van der Waals surface area contributed by atoms with Crippen molar-refractivity contribution in [2.45, 2.75) is 19.9 Å². The number of hydrogen-bond acceptors (Lipinski definition) is 5. The average molecular weight is 414 g/mol. The molecule has 4 rings (SSSR count). The molecule has 0 aliphatic carbocycles. The number of benzene rings is 2. The molecule has 0 saturated heterocycles. The maximum atomic E-state index is 14.9. The lowest BCUT2D eigenvalue weighted by molar-refractivity contribution is 0.567. The van der Waals surface area contributed by atoms with Gasteiger partial charge in [-0.05, 0) is 37.6 Å². The lowest BCUT2D eigenvalue weighted by Gasteiger charge is -2.23. The molecule has 0 radical (unpaired) electrons. The van der Waals surface area contributed by atoms with Crippen LogP contribution in [0.2, 0.25) is 0 Å². The van der Waals surface area contributed by atoms with E-state index in [4.69, 9.17) is 10.5 Å². The molecule has 2 N–H and O–H groups in total. The normalized spacial score (nSPS) is 13.0. The summed E-state index contributed by atoms with van der Waals surface area (Å²) < 4.78 is 17.0. The molecule has 0 bridgehead atoms. The Labute approximate surface area is 180 Å². The quantitative estimate of drug-likeness (QED) is 0.412. The minimum Gasteiger partial charge on any atom is -0.386 e. The molecule has 0 amide bonds. The first kappa shape index (κ1) is 20.4. The number of aryl methyl sites for hydroxylation is 1. The van der Waals surface area contributed by atoms with Crippen LogP contribution in [0.3, 0.4) is 0 Å². The Bertz CT molecular complexity index is 1280. The van der Waals surface area contributed by atoms with E-state index in [1.807, 2.05) is 60.0 Å². The lowest BCUT2D eigenvalue weighted by atomic mass is 9.98. The number of halogens is 1. The Morgan fingerprint density at radius 2 is 1.94 bits per heavy atom. The summed E-state index contributed by atoms with van der Waals surface area (Å²) in [6.45, 7) is 3.71. The van der Waals surface area contributed by atoms with Gasteiger partial charge in [0.1, 0.15) is 11.6 Å². The monoisotopic (exact) mass is 414 g/mol. The molecule has 2 aromatic heterocycles. The van der Waals surface area contributed by atoms with E-state index in [-0.39, 0.29) is 5.82 Å². The fourth-order valence-corrected chi connectivity index (χ4v) is 4.00. The molecule has 0 aliphatic rings. The standard InChI is InChI=1S/C24H23FN6/c1-15(30-26)23(27-3)18-9-10-21-22(13-18)31(16(2)29-21)24(17-7-5-4-6-8-17)19-11-12-28-14-20(19)25/h4-14,24,26-27H,1-3H3/b23-15-,30-26?. The van der Waals surface area contributed by atoms with E-state index in [0.717, 1.165) is 33.7 Å². The van der Waals surface area contributed by atoms with Crippen molar-refractivity contribution in [2.75, 3.05) is 7.05 Å². The highest BCUT2D eigenvalue weighted by molar-refractivity contribution is 5.82. The molecular weight excluding hydrogens is 391 g/mol. The zero-order chi connectivity index (χ0) is 22.0. The van der Waals surface area contributed by atoms with E-state index in [2.05, 4.69) is 15.4 Å². The molecule has 2 aromatic carbocycles. The van der Waals surface area contributed by atoms with Crippen molar-refractivity contribution in [2.24, 2.45) is 5.11 Å². The Hall–Kier alpha value is -3.87. The molecule has 1 atom stereocenters. The van der Waals surface area contributed by atoms with Crippen LogP contribution in [-0.4, -0.2) is 21.6 Å². The van der Waals surface area contributed by atoms with Crippen LogP contribution < -0.4 is 5.32 Å². The maximum absolute atomic E-state index is 14.9. The summed E-state index contributed by atoms with van der Waals surface area (Å²) in [6.07, 6.45) is 2.85. The highest BCUT2D eigenvalue weighted by Gasteiger charge is 2.24. The number of pyridine rings is 1. The third-order valence-corrected chi connectivity index (χ3v) is 5.41. The highest BCUT2D eigenvalue weighted by atomic mass is 19.1. The van der Waals surface area contributed by atoms with Crippen molar-refractivity contribution in [1.29, 1.82) is 5.53 Å². The minimum absolute atomic E-state index is 0.367. The first-order valence-corrected chi connectivity index (χ1v) is 9.94. The van der Waals surface area contributed by atoms with Crippen LogP contribution in [0, 0.1) is 18.3 Å². The second-order valence-corrected chi connectivity index (χ2v) is 7.27. The van der Waals surface area contributed by atoms with Gasteiger partial charge >= 0.3 is 0 Å². The number of imidazole rings is 1. The van der Waals surface area contributed by atoms with Gasteiger partial charge in [-0.2, -0.15) is 5.11 Å². The van der Waals surface area contributed by atoms with Crippen LogP contribution in [0.1, 0.15) is 35.5 Å². The van der Waals surface area contributed by atoms with Gasteiger partial charge in [0.15, 0.2) is 0 Å². The van der Waals surface area contributed by atoms with Crippen LogP contribution in [0.4, 0.5) is 4.39 Å². The van der Waals surface area contributed by atoms with Crippen molar-refractivity contribution >= 4 is 16.7 Å². The van der Waals surface area contributed by atoms with Crippen molar-refractivity contribution in [3.05, 3.63) is 101 Å². The first-order valence-electron chi connectivity index (χ1n) is 9.94. The zero-order valence-electron chi connectivity index (χ0n) is 17.6. The van der Waals surface area contributed by atoms with Crippen molar-refractivity contribution < 1.29 is 4.39 Å². The predicted molar refractivity (Wildman–Crippen MR) is 119 cm³/mol. The second-order valence-electron chi connectivity index (χ2n) is 7.27. The Morgan fingerprint density at radius 1 is 1.16 bits per heavy atom. The molecule has 2 heterocycles. The molecule has 4 aromatic rings. The van der Waals surface area contributed by atoms with Crippen LogP contribution in [0.25, 0.3) is 16.7 Å². The number of aromatic nitrogens is 3. The lowest BCUT2D eigenvalue weighted by Crippen LogP contribution is -2.16. The van der Waals surface area contributed by atoms with E-state index in [1.165, 1.54) is 6.20 Å². The maximum Gasteiger partial charge on any atom is 0.147 e. The van der Waals surface area contributed by atoms with Crippen LogP contribution in [0.5, 0.6) is 0 Å². The molecule has 156 valence electrons. The van der Waals surface area contributed by atoms with E-state index in [1.54, 1.807) is 26.2 Å². The van der Waals surface area contributed by atoms with Gasteiger partial charge in [0.2, 0.25) is 0 Å². The van der Waals surface area contributed by atoms with E-state index < -0.39 is 6.04 Å². The molecule has 1 unspecified atom stereocenters. The summed E-state index contributed by atoms with van der Waals surface area (Å²) in [6, 6.07) is 17.0. The average Bonchev–Trinajstić information content (AvgIpc) is 3.11. The van der Waals surface area contributed by atoms with Gasteiger partial charge < -0.3 is 9.88 Å². The molecule has 0 saturated carbocycles. The number of nitrogens with zero attached hydrogens (tertiary/aromatic N) is 4. The summed E-state index contributed by atoms with van der Waals surface area (Å²) in [5.74, 6) is 0.405. The van der Waals surface area contributed by atoms with Gasteiger partial charge in [-0.15, -0.1) is 0 Å². The van der Waals surface area contributed by atoms with Gasteiger partial charge in [-0.25, -0.2) is 14.9 Å². The zero-order valence-corrected chi connectivity index (χ0v) is 17.6. The minimum atomic E-state index is -0.409. The van der Waals surface area contributed by atoms with Gasteiger partial charge in [0, 0.05) is 24.4 Å². The number of rotatable bonds is 6. The topological polar surface area (TPSA) is 79.0 Å². The summed E-state index contributed by atoms with van der Waals surface area (Å²) >= 11 is 0. The molecule has 0 fully saturated rings. The smallest absolute Gasteiger partial charge is 0.147 e. The molecule has 31 heavy (non-hydrogen) atoms. The molecule has 0 spiro atoms. The van der Waals surface area contributed by atoms with Crippen molar-refractivity contribution in [3.63, 3.8) is 0 Å². The third kappa shape index (κ3) is 3.70. The number of allylic oxidation sites excluding steroid dienone is 1. The summed E-state index contributed by atoms with van der Waals surface area (Å²) in [4.78, 5) is 8.66. The van der Waals surface area contributed by atoms with Crippen LogP contribution in [0.15, 0.2) is 77.8 Å². The van der Waals surface area contributed by atoms with Crippen molar-refractivity contribution in [1.82, 2.24) is 19.9 Å². The Balaban J connectivity index is 2.01. The number of hydrogen-bond donors (Lipinski definition) is 2. The number of nitrogens with one attached hydrogen (secondary N) is 2. The number of fused-ring (bicyclic) bond motifs is 1. The van der Waals surface area contributed by atoms with E-state index in [0.29, 0.717) is 11.3 Å². The van der Waals surface area contributed by atoms with Crippen molar-refractivity contribution in [3.8, 4) is 0 Å². The fraction of sp³-hybridized carbons (Fsp3) is 0.167. The molecule has 6 nitrogen and oxygen atoms in total. The largest absolute Gasteiger partial charge is 0.386 e. The molecule has 7 heteroatoms. The Kier molecular flexibility index (Phi) is 5.58. The summed E-state index contributed by atoms with van der Waals surface area (Å²) in [7, 11) is 1.80. The van der Waals surface area contributed by atoms with E-state index in [9.17, 15) is 4.39 Å². The van der Waals surface area contributed by atoms with Crippen LogP contribution >= 0.6 is 0 Å². The Morgan fingerprint density at radius 3 is 2.61 bits per heavy atom. The second kappa shape index (κ2) is 8.47. The highest BCUT2D eigenvalue weighted by Crippen LogP contribution is 2.34. The van der Waals surface area contributed by atoms with Gasteiger partial charge in [-0.3, -0.25) is 4.98 Å². The summed E-state index contributed by atoms with van der Waals surface area (Å²) in [5, 5.41) is 6.70. The van der Waals surface area contributed by atoms with Gasteiger partial charge in [0.05, 0.1) is 34.7 Å². The third-order valence-electron chi connectivity index (χ3n) is 5.41. The SMILES string of the molecule is CN/C(=C(/C)N=N)c1ccc2nc(C)n(C(c3ccccc3)c3ccncc3F)c2c1. The summed E-state index contributed by atoms with van der Waals surface area (Å²) in [5.41, 5.74) is 12.7. The molecular formula is C24H23FN6. The van der Waals surface area contributed by atoms with E-state index >= 15 is 0 Å². The molecule has 0 aliphatic heterocycles. The predicted octanol–water partition coefficient (Wildman–Crippen LogP) is 5.46. The first-order chi connectivity index (χ1) is 15.0. The van der Waals surface area contributed by atoms with Gasteiger partial charge in [0.25, 0.3) is 0 Å².